The molecule has 1 aliphatic rings. The summed E-state index contributed by atoms with van der Waals surface area (Å²) < 4.78 is 14.5. The van der Waals surface area contributed by atoms with Gasteiger partial charge in [0.1, 0.15) is 12.7 Å². The molecule has 2 aromatic heterocycles. The number of methoxy groups -OCH3 is 1. The van der Waals surface area contributed by atoms with E-state index in [4.69, 9.17) is 9.47 Å². The van der Waals surface area contributed by atoms with Gasteiger partial charge in [-0.15, -0.1) is 0 Å². The fourth-order valence-corrected chi connectivity index (χ4v) is 3.68. The minimum atomic E-state index is -0.275. The van der Waals surface area contributed by atoms with Crippen LogP contribution in [0.25, 0.3) is 5.69 Å². The molecule has 30 heavy (non-hydrogen) atoms. The number of amides is 1. The number of nitrogens with zero attached hydrogens (tertiary/aromatic N) is 5. The van der Waals surface area contributed by atoms with Gasteiger partial charge in [-0.2, -0.15) is 10.2 Å². The molecule has 1 unspecified atom stereocenters. The lowest BCUT2D eigenvalue weighted by molar-refractivity contribution is -0.127. The molecule has 1 aliphatic heterocycles. The van der Waals surface area contributed by atoms with Crippen LogP contribution in [0.1, 0.15) is 36.6 Å². The number of carbonyl (C=O) groups excluding carboxylic acids is 1. The average molecular weight is 410 g/mol. The minimum Gasteiger partial charge on any atom is -0.383 e. The van der Waals surface area contributed by atoms with E-state index in [1.54, 1.807) is 24.3 Å². The Labute approximate surface area is 175 Å². The Balaban J connectivity index is 1.39. The second-order valence-corrected chi connectivity index (χ2v) is 7.38. The number of nitrogens with one attached hydrogen (secondary N) is 1. The molecule has 1 N–H and O–H groups in total. The number of ether oxygens (including phenoxy) is 2. The summed E-state index contributed by atoms with van der Waals surface area (Å²) in [7, 11) is 1.66. The average Bonchev–Trinajstić information content (AvgIpc) is 3.53. The van der Waals surface area contributed by atoms with Gasteiger partial charge in [0.25, 0.3) is 0 Å². The molecule has 0 spiro atoms. The molecule has 9 nitrogen and oxygen atoms in total. The van der Waals surface area contributed by atoms with Crippen LogP contribution in [0.4, 0.5) is 0 Å². The molecule has 0 radical (unpaired) electrons. The number of aromatic nitrogens is 5. The first-order valence-electron chi connectivity index (χ1n) is 10.0. The van der Waals surface area contributed by atoms with Gasteiger partial charge in [0.05, 0.1) is 43.1 Å². The van der Waals surface area contributed by atoms with Gasteiger partial charge >= 0.3 is 0 Å². The summed E-state index contributed by atoms with van der Waals surface area (Å²) in [4.78, 5) is 16.9. The van der Waals surface area contributed by atoms with Gasteiger partial charge in [-0.3, -0.25) is 9.48 Å². The van der Waals surface area contributed by atoms with Crippen LogP contribution in [-0.2, 0) is 20.8 Å². The van der Waals surface area contributed by atoms with Gasteiger partial charge < -0.3 is 14.8 Å². The Bertz CT molecular complexity index is 954. The molecule has 3 heterocycles. The van der Waals surface area contributed by atoms with Crippen LogP contribution >= 0.6 is 0 Å². The molecule has 0 bridgehead atoms. The number of carbonyl (C=O) groups is 1. The Morgan fingerprint density at radius 1 is 1.33 bits per heavy atom. The molecule has 1 aromatic carbocycles. The zero-order valence-corrected chi connectivity index (χ0v) is 17.1. The third kappa shape index (κ3) is 4.42. The molecule has 1 amide bonds. The second-order valence-electron chi connectivity index (χ2n) is 7.38. The third-order valence-electron chi connectivity index (χ3n) is 5.37. The normalized spacial score (nSPS) is 19.7. The summed E-state index contributed by atoms with van der Waals surface area (Å²) in [5.41, 5.74) is 2.87. The summed E-state index contributed by atoms with van der Waals surface area (Å²) in [5.74, 6) is -0.239. The number of benzene rings is 1. The topological polar surface area (TPSA) is 96.1 Å². The van der Waals surface area contributed by atoms with Crippen molar-refractivity contribution in [2.24, 2.45) is 5.92 Å². The van der Waals surface area contributed by atoms with Crippen molar-refractivity contribution < 1.29 is 14.3 Å². The molecular weight excluding hydrogens is 384 g/mol. The van der Waals surface area contributed by atoms with Gasteiger partial charge in [0.15, 0.2) is 0 Å². The SMILES string of the molecule is COCCn1cc([C@H]2OCC[C@@H]2C(=O)NC(C)c2ccc(-n3cncn3)cc2)cn1. The summed E-state index contributed by atoms with van der Waals surface area (Å²) in [6, 6.07) is 7.79. The van der Waals surface area contributed by atoms with Crippen molar-refractivity contribution in [2.45, 2.75) is 32.0 Å². The van der Waals surface area contributed by atoms with E-state index < -0.39 is 0 Å². The Morgan fingerprint density at radius 3 is 2.90 bits per heavy atom. The Hall–Kier alpha value is -3.04. The van der Waals surface area contributed by atoms with E-state index in [9.17, 15) is 4.79 Å². The van der Waals surface area contributed by atoms with E-state index in [0.717, 1.165) is 16.8 Å². The predicted octanol–water partition coefficient (Wildman–Crippen LogP) is 2.07. The van der Waals surface area contributed by atoms with Crippen molar-refractivity contribution >= 4 is 5.91 Å². The van der Waals surface area contributed by atoms with Crippen molar-refractivity contribution in [1.29, 1.82) is 0 Å². The number of hydrogen-bond donors (Lipinski definition) is 1. The van der Waals surface area contributed by atoms with Crippen LogP contribution in [0.15, 0.2) is 49.3 Å². The molecule has 3 aromatic rings. The van der Waals surface area contributed by atoms with Crippen molar-refractivity contribution in [3.8, 4) is 5.69 Å². The molecule has 0 saturated carbocycles. The number of rotatable bonds is 8. The van der Waals surface area contributed by atoms with Crippen molar-refractivity contribution in [3.05, 3.63) is 60.4 Å². The van der Waals surface area contributed by atoms with Gasteiger partial charge in [-0.1, -0.05) is 12.1 Å². The zero-order valence-electron chi connectivity index (χ0n) is 17.1. The monoisotopic (exact) mass is 410 g/mol. The lowest BCUT2D eigenvalue weighted by atomic mass is 9.95. The largest absolute Gasteiger partial charge is 0.383 e. The first-order valence-corrected chi connectivity index (χ1v) is 10.0. The van der Waals surface area contributed by atoms with Gasteiger partial charge in [-0.05, 0) is 31.0 Å². The lowest BCUT2D eigenvalue weighted by Crippen LogP contribution is -2.34. The summed E-state index contributed by atoms with van der Waals surface area (Å²) in [6.45, 7) is 3.80. The van der Waals surface area contributed by atoms with Gasteiger partial charge in [-0.25, -0.2) is 9.67 Å². The van der Waals surface area contributed by atoms with Gasteiger partial charge in [0.2, 0.25) is 5.91 Å². The molecule has 158 valence electrons. The summed E-state index contributed by atoms with van der Waals surface area (Å²) in [6.07, 6.45) is 7.27. The van der Waals surface area contributed by atoms with Crippen molar-refractivity contribution in [2.75, 3.05) is 20.3 Å². The van der Waals surface area contributed by atoms with Crippen LogP contribution in [0, 0.1) is 5.92 Å². The molecule has 1 fully saturated rings. The molecule has 3 atom stereocenters. The summed E-state index contributed by atoms with van der Waals surface area (Å²) >= 11 is 0. The lowest BCUT2D eigenvalue weighted by Gasteiger charge is -2.21. The first-order chi connectivity index (χ1) is 14.7. The standard InChI is InChI=1S/C21H26N6O3/c1-15(16-3-5-18(6-4-16)27-14-22-13-24-27)25-21(28)19-7-9-30-20(19)17-11-23-26(12-17)8-10-29-2/h3-6,11-15,19-20H,7-10H2,1-2H3,(H,25,28)/t15?,19-,20+/m0/s1. The fraction of sp³-hybridized carbons (Fsp3) is 0.429. The highest BCUT2D eigenvalue weighted by atomic mass is 16.5. The third-order valence-corrected chi connectivity index (χ3v) is 5.37. The van der Waals surface area contributed by atoms with Crippen molar-refractivity contribution in [1.82, 2.24) is 29.9 Å². The second kappa shape index (κ2) is 9.19. The van der Waals surface area contributed by atoms with Crippen LogP contribution in [-0.4, -0.2) is 50.8 Å². The molecule has 4 rings (SSSR count). The van der Waals surface area contributed by atoms with Crippen molar-refractivity contribution in [3.63, 3.8) is 0 Å². The van der Waals surface area contributed by atoms with Crippen LogP contribution in [0.3, 0.4) is 0 Å². The zero-order chi connectivity index (χ0) is 20.9. The van der Waals surface area contributed by atoms with E-state index in [-0.39, 0.29) is 24.0 Å². The maximum Gasteiger partial charge on any atom is 0.226 e. The maximum atomic E-state index is 13.0. The van der Waals surface area contributed by atoms with E-state index in [0.29, 0.717) is 26.2 Å². The highest BCUT2D eigenvalue weighted by Crippen LogP contribution is 2.35. The highest BCUT2D eigenvalue weighted by molar-refractivity contribution is 5.80. The van der Waals surface area contributed by atoms with Crippen LogP contribution in [0.5, 0.6) is 0 Å². The molecular formula is C21H26N6O3. The van der Waals surface area contributed by atoms with E-state index in [1.807, 2.05) is 42.1 Å². The maximum absolute atomic E-state index is 13.0. The predicted molar refractivity (Wildman–Crippen MR) is 109 cm³/mol. The number of hydrogen-bond acceptors (Lipinski definition) is 6. The summed E-state index contributed by atoms with van der Waals surface area (Å²) in [5, 5.41) is 11.6. The first kappa shape index (κ1) is 20.2. The van der Waals surface area contributed by atoms with Gasteiger partial charge in [0, 0.05) is 25.5 Å². The quantitative estimate of drug-likeness (QED) is 0.611. The van der Waals surface area contributed by atoms with Crippen LogP contribution in [0.2, 0.25) is 0 Å². The minimum absolute atomic E-state index is 0.00463. The van der Waals surface area contributed by atoms with Crippen LogP contribution < -0.4 is 5.32 Å². The Morgan fingerprint density at radius 2 is 2.17 bits per heavy atom. The smallest absolute Gasteiger partial charge is 0.226 e. The van der Waals surface area contributed by atoms with E-state index in [1.165, 1.54) is 6.33 Å². The van der Waals surface area contributed by atoms with E-state index >= 15 is 0 Å². The Kier molecular flexibility index (Phi) is 6.20. The van der Waals surface area contributed by atoms with E-state index in [2.05, 4.69) is 20.5 Å². The molecule has 0 aliphatic carbocycles. The molecule has 1 saturated heterocycles. The molecule has 9 heteroatoms. The fourth-order valence-electron chi connectivity index (χ4n) is 3.68. The highest BCUT2D eigenvalue weighted by Gasteiger charge is 2.36.